The maximum atomic E-state index is 2.53. The first-order valence-corrected chi connectivity index (χ1v) is 49.5. The Labute approximate surface area is 828 Å². The molecule has 0 spiro atoms. The van der Waals surface area contributed by atoms with Crippen molar-refractivity contribution in [3.8, 4) is 44.5 Å². The van der Waals surface area contributed by atoms with Crippen LogP contribution < -0.4 is 19.6 Å². The number of nitrogens with zero attached hydrogens (tertiary/aromatic N) is 4. The predicted molar refractivity (Wildman–Crippen MR) is 597 cm³/mol. The number of benzene rings is 24. The molecule has 668 valence electrons. The molecule has 142 heavy (non-hydrogen) atoms. The number of hydrogen-bond acceptors (Lipinski definition) is 4. The second-order valence-electron chi connectivity index (χ2n) is 38.7. The van der Waals surface area contributed by atoms with Crippen LogP contribution in [0.1, 0.15) is 69.5 Å². The molecule has 0 fully saturated rings. The van der Waals surface area contributed by atoms with Gasteiger partial charge in [0.05, 0.1) is 10.8 Å². The molecule has 4 nitrogen and oxygen atoms in total. The van der Waals surface area contributed by atoms with Gasteiger partial charge in [-0.05, 0) is 310 Å². The molecule has 0 aliphatic heterocycles. The average Bonchev–Trinajstić information content (AvgIpc) is 1.47. The molecule has 0 saturated carbocycles. The van der Waals surface area contributed by atoms with Gasteiger partial charge in [0, 0.05) is 79.1 Å². The third-order valence-corrected chi connectivity index (χ3v) is 31.7. The second-order valence-corrected chi connectivity index (χ2v) is 38.7. The second kappa shape index (κ2) is 33.5. The van der Waals surface area contributed by atoms with Crippen molar-refractivity contribution < 1.29 is 0 Å². The maximum Gasteiger partial charge on any atom is 0.0642 e. The molecule has 28 rings (SSSR count). The minimum atomic E-state index is -0.802. The minimum Gasteiger partial charge on any atom is -0.310 e. The van der Waals surface area contributed by atoms with Crippen LogP contribution in [-0.2, 0) is 21.7 Å². The zero-order valence-electron chi connectivity index (χ0n) is 78.8. The molecule has 24 aromatic carbocycles. The topological polar surface area (TPSA) is 13.0 Å². The average molecular weight is 1810 g/mol. The van der Waals surface area contributed by atoms with Crippen LogP contribution in [0.2, 0.25) is 0 Å². The highest BCUT2D eigenvalue weighted by molar-refractivity contribution is 6.11. The fourth-order valence-electron chi connectivity index (χ4n) is 25.4. The van der Waals surface area contributed by atoms with E-state index in [0.717, 1.165) is 68.2 Å². The minimum absolute atomic E-state index is 0.490. The molecule has 4 aliphatic carbocycles. The lowest BCUT2D eigenvalue weighted by atomic mass is 9.49. The summed E-state index contributed by atoms with van der Waals surface area (Å²) in [5, 5.41) is 14.8. The van der Waals surface area contributed by atoms with Crippen LogP contribution in [0.4, 0.5) is 68.2 Å². The summed E-state index contributed by atoms with van der Waals surface area (Å²) in [6.45, 7) is 5.05. The molecule has 4 unspecified atom stereocenters. The molecule has 0 amide bonds. The maximum absolute atomic E-state index is 2.53. The Morgan fingerprint density at radius 1 is 0.127 bits per heavy atom. The van der Waals surface area contributed by atoms with Crippen molar-refractivity contribution >= 4 is 133 Å². The Hall–Kier alpha value is -18.0. The zero-order chi connectivity index (χ0) is 94.2. The van der Waals surface area contributed by atoms with E-state index in [2.05, 4.69) is 579 Å². The van der Waals surface area contributed by atoms with Crippen molar-refractivity contribution in [1.29, 1.82) is 0 Å². The molecular weight excluding hydrogens is 1710 g/mol. The Kier molecular flexibility index (Phi) is 19.7. The van der Waals surface area contributed by atoms with Crippen LogP contribution >= 0.6 is 0 Å². The van der Waals surface area contributed by atoms with Gasteiger partial charge >= 0.3 is 0 Å². The Bertz CT molecular complexity index is 8590. The van der Waals surface area contributed by atoms with Gasteiger partial charge in [-0.3, -0.25) is 0 Å². The summed E-state index contributed by atoms with van der Waals surface area (Å²) in [5.41, 5.74) is 33.8. The summed E-state index contributed by atoms with van der Waals surface area (Å²) in [4.78, 5) is 9.78. The Balaban J connectivity index is 0.000000142. The molecule has 4 heteroatoms. The van der Waals surface area contributed by atoms with E-state index in [-0.39, 0.29) is 0 Å². The summed E-state index contributed by atoms with van der Waals surface area (Å²) >= 11 is 0. The van der Waals surface area contributed by atoms with Crippen LogP contribution in [0.3, 0.4) is 0 Å². The monoisotopic (exact) mass is 1810 g/mol. The van der Waals surface area contributed by atoms with Crippen molar-refractivity contribution in [2.75, 3.05) is 19.6 Å². The van der Waals surface area contributed by atoms with Crippen LogP contribution in [-0.4, -0.2) is 0 Å². The largest absolute Gasteiger partial charge is 0.310 e. The number of rotatable bonds is 16. The number of hydrogen-bond donors (Lipinski definition) is 0. The fourth-order valence-corrected chi connectivity index (χ4v) is 25.4. The van der Waals surface area contributed by atoms with Gasteiger partial charge in [-0.2, -0.15) is 0 Å². The molecule has 0 aromatic heterocycles. The molecule has 0 radical (unpaired) electrons. The first kappa shape index (κ1) is 83.4. The molecule has 4 aliphatic rings. The van der Waals surface area contributed by atoms with Gasteiger partial charge in [0.2, 0.25) is 0 Å². The van der Waals surface area contributed by atoms with E-state index < -0.39 is 21.7 Å². The van der Waals surface area contributed by atoms with Crippen molar-refractivity contribution in [3.05, 3.63) is 602 Å². The smallest absolute Gasteiger partial charge is 0.0642 e. The first-order valence-electron chi connectivity index (χ1n) is 49.5. The molecule has 0 heterocycles. The van der Waals surface area contributed by atoms with E-state index in [9.17, 15) is 0 Å². The van der Waals surface area contributed by atoms with Gasteiger partial charge in [-0.15, -0.1) is 0 Å². The van der Waals surface area contributed by atoms with Gasteiger partial charge in [-0.25, -0.2) is 0 Å². The van der Waals surface area contributed by atoms with Gasteiger partial charge in [0.25, 0.3) is 0 Å². The van der Waals surface area contributed by atoms with Crippen LogP contribution in [0.25, 0.3) is 109 Å². The van der Waals surface area contributed by atoms with E-state index in [0.29, 0.717) is 0 Å². The predicted octanol–water partition coefficient (Wildman–Crippen LogP) is 36.8. The van der Waals surface area contributed by atoms with Gasteiger partial charge < -0.3 is 19.6 Å². The fraction of sp³-hybridized carbons (Fsp3) is 0.0435. The quantitative estimate of drug-likeness (QED) is 0.0894. The molecular formula is C138H96N4. The van der Waals surface area contributed by atoms with E-state index >= 15 is 0 Å². The summed E-state index contributed by atoms with van der Waals surface area (Å²) in [7, 11) is 0. The molecule has 0 N–H and O–H groups in total. The highest BCUT2D eigenvalue weighted by Gasteiger charge is 2.65. The van der Waals surface area contributed by atoms with E-state index in [1.54, 1.807) is 0 Å². The van der Waals surface area contributed by atoms with Crippen LogP contribution in [0, 0.1) is 0 Å². The van der Waals surface area contributed by atoms with Crippen LogP contribution in [0.15, 0.2) is 546 Å². The Morgan fingerprint density at radius 3 is 0.676 bits per heavy atom. The number of para-hydroxylation sites is 4. The highest BCUT2D eigenvalue weighted by Crippen LogP contribution is 2.72. The van der Waals surface area contributed by atoms with Crippen molar-refractivity contribution in [3.63, 3.8) is 0 Å². The first-order chi connectivity index (χ1) is 70.2. The lowest BCUT2D eigenvalue weighted by molar-refractivity contribution is 0.376. The highest BCUT2D eigenvalue weighted by atomic mass is 15.2. The van der Waals surface area contributed by atoms with Crippen molar-refractivity contribution in [2.45, 2.75) is 35.5 Å². The number of anilines is 12. The zero-order valence-corrected chi connectivity index (χ0v) is 78.8. The normalized spacial score (nSPS) is 16.4. The van der Waals surface area contributed by atoms with E-state index in [4.69, 9.17) is 0 Å². The SMILES string of the molecule is CC1(C2(C)c3ccccc3-c3ccc(N(c4ccccc4)c4ccc5ccc6ccccc6c5c4)cc32)c2ccccc2-c2ccc(N(c3ccccc3)c3ccc4ccc5ccccc5c4c3)cc21.c1ccc(N(c2ccc3c(c2)C(c2ccccc2)(C2(c4ccccc4)c4ccccc4-c4ccc(N(c5ccccc5)c5ccc6ccccc6c5)cc42)c2ccccc2-3)c2ccc3ccccc3c2)cc1. The summed E-state index contributed by atoms with van der Waals surface area (Å²) in [5.74, 6) is 0. The number of fused-ring (bicyclic) bond motifs is 20. The standard InChI is InChI=1S/C70H48N2.C68H48N2/c1-5-25-53(26-6-1)69(65-35-19-17-33-61(65)63-43-41-59(47-67(63)69)71(55-29-9-3-10-30-55)57-39-37-49-21-13-15-23-51(49)45-57)70(54-27-7-2-8-28-54)66-36-20-18-34-62(66)64-44-42-60(48-68(64)70)72(56-31-11-4-12-32-56)58-40-38-50-22-14-16-24-52(50)46-58;1-67(63-27-15-13-25-57(63)59-39-37-53(43-65(59)67)69(49-19-5-3-6-20-49)51-35-33-47-31-29-45-17-9-11-23-55(45)61(47)41-51)68(2)64-28-16-14-26-58(64)60-40-38-54(44-66(60)68)70(50-21-7-4-8-22-50)52-36-34-48-32-30-46-18-10-12-24-56(46)62(48)42-52/h1-48H;3-44H,1-2H3. The lowest BCUT2D eigenvalue weighted by Crippen LogP contribution is -2.50. The summed E-state index contributed by atoms with van der Waals surface area (Å²) < 4.78 is 0. The van der Waals surface area contributed by atoms with Gasteiger partial charge in [0.15, 0.2) is 0 Å². The van der Waals surface area contributed by atoms with E-state index in [1.165, 1.54) is 165 Å². The summed E-state index contributed by atoms with van der Waals surface area (Å²) in [6.07, 6.45) is 0. The molecule has 4 atom stereocenters. The molecule has 0 bridgehead atoms. The summed E-state index contributed by atoms with van der Waals surface area (Å²) in [6, 6.07) is 203. The van der Waals surface area contributed by atoms with Crippen molar-refractivity contribution in [2.24, 2.45) is 0 Å². The van der Waals surface area contributed by atoms with Gasteiger partial charge in [-0.1, -0.05) is 414 Å². The third-order valence-electron chi connectivity index (χ3n) is 31.7. The third kappa shape index (κ3) is 12.8. The Morgan fingerprint density at radius 2 is 0.338 bits per heavy atom. The van der Waals surface area contributed by atoms with Crippen LogP contribution in [0.5, 0.6) is 0 Å². The molecule has 24 aromatic rings. The van der Waals surface area contributed by atoms with Crippen molar-refractivity contribution in [1.82, 2.24) is 0 Å². The lowest BCUT2D eigenvalue weighted by Gasteiger charge is -2.51. The molecule has 0 saturated heterocycles. The van der Waals surface area contributed by atoms with Gasteiger partial charge in [0.1, 0.15) is 0 Å². The van der Waals surface area contributed by atoms with E-state index in [1.807, 2.05) is 0 Å².